The van der Waals surface area contributed by atoms with Gasteiger partial charge in [-0.2, -0.15) is 0 Å². The molecule has 1 N–H and O–H groups in total. The van der Waals surface area contributed by atoms with Crippen LogP contribution in [0.5, 0.6) is 0 Å². The summed E-state index contributed by atoms with van der Waals surface area (Å²) >= 11 is 0. The van der Waals surface area contributed by atoms with Crippen LogP contribution in [0, 0.1) is 12.7 Å². The molecule has 104 valence electrons. The van der Waals surface area contributed by atoms with E-state index >= 15 is 0 Å². The summed E-state index contributed by atoms with van der Waals surface area (Å²) in [6, 6.07) is 12.7. The van der Waals surface area contributed by atoms with Gasteiger partial charge in [0.25, 0.3) is 0 Å². The third kappa shape index (κ3) is 2.48. The molecule has 0 saturated heterocycles. The fraction of sp³-hybridized carbons (Fsp3) is 0.333. The Morgan fingerprint density at radius 2 is 1.80 bits per heavy atom. The summed E-state index contributed by atoms with van der Waals surface area (Å²) in [6.45, 7) is 1.82. The SMILES string of the molecule is Cc1cc(F)ccc1C(O)c1ccc(C2CCC2)cc1. The van der Waals surface area contributed by atoms with E-state index in [1.807, 2.05) is 19.1 Å². The topological polar surface area (TPSA) is 20.2 Å². The van der Waals surface area contributed by atoms with E-state index in [1.165, 1.54) is 37.0 Å². The quantitative estimate of drug-likeness (QED) is 0.871. The molecule has 0 amide bonds. The van der Waals surface area contributed by atoms with Gasteiger partial charge in [0, 0.05) is 0 Å². The molecule has 0 heterocycles. The van der Waals surface area contributed by atoms with Crippen LogP contribution in [0.3, 0.4) is 0 Å². The van der Waals surface area contributed by atoms with Crippen LogP contribution in [0.2, 0.25) is 0 Å². The smallest absolute Gasteiger partial charge is 0.123 e. The van der Waals surface area contributed by atoms with Gasteiger partial charge in [-0.25, -0.2) is 4.39 Å². The van der Waals surface area contributed by atoms with E-state index in [2.05, 4.69) is 12.1 Å². The van der Waals surface area contributed by atoms with Crippen molar-refractivity contribution in [3.8, 4) is 0 Å². The lowest BCUT2D eigenvalue weighted by Gasteiger charge is -2.26. The summed E-state index contributed by atoms with van der Waals surface area (Å²) in [4.78, 5) is 0. The molecule has 3 rings (SSSR count). The Labute approximate surface area is 119 Å². The molecule has 1 fully saturated rings. The normalized spacial score (nSPS) is 16.8. The third-order valence-corrected chi connectivity index (χ3v) is 4.36. The van der Waals surface area contributed by atoms with Gasteiger partial charge in [-0.15, -0.1) is 0 Å². The fourth-order valence-corrected chi connectivity index (χ4v) is 2.82. The van der Waals surface area contributed by atoms with Gasteiger partial charge in [-0.05, 0) is 60.1 Å². The Morgan fingerprint density at radius 1 is 1.10 bits per heavy atom. The monoisotopic (exact) mass is 270 g/mol. The first-order valence-electron chi connectivity index (χ1n) is 7.19. The van der Waals surface area contributed by atoms with Crippen LogP contribution in [-0.2, 0) is 0 Å². The van der Waals surface area contributed by atoms with E-state index < -0.39 is 6.10 Å². The highest BCUT2D eigenvalue weighted by Gasteiger charge is 2.20. The van der Waals surface area contributed by atoms with Crippen LogP contribution in [0.1, 0.15) is 53.5 Å². The summed E-state index contributed by atoms with van der Waals surface area (Å²) in [6.07, 6.45) is 3.19. The molecule has 2 aromatic rings. The van der Waals surface area contributed by atoms with Crippen molar-refractivity contribution in [1.29, 1.82) is 0 Å². The second-order valence-electron chi connectivity index (χ2n) is 5.70. The molecular formula is C18H19FO. The molecule has 20 heavy (non-hydrogen) atoms. The number of hydrogen-bond acceptors (Lipinski definition) is 1. The summed E-state index contributed by atoms with van der Waals surface area (Å²) in [7, 11) is 0. The van der Waals surface area contributed by atoms with Gasteiger partial charge in [-0.3, -0.25) is 0 Å². The third-order valence-electron chi connectivity index (χ3n) is 4.36. The van der Waals surface area contributed by atoms with Crippen molar-refractivity contribution < 1.29 is 9.50 Å². The molecule has 1 saturated carbocycles. The van der Waals surface area contributed by atoms with Crippen LogP contribution in [0.4, 0.5) is 4.39 Å². The molecule has 2 aromatic carbocycles. The minimum Gasteiger partial charge on any atom is -0.384 e. The summed E-state index contributed by atoms with van der Waals surface area (Å²) < 4.78 is 13.1. The van der Waals surface area contributed by atoms with Gasteiger partial charge in [-0.1, -0.05) is 36.8 Å². The molecule has 0 aromatic heterocycles. The van der Waals surface area contributed by atoms with E-state index in [9.17, 15) is 9.50 Å². The Kier molecular flexibility index (Phi) is 3.58. The highest BCUT2D eigenvalue weighted by Crippen LogP contribution is 2.37. The summed E-state index contributed by atoms with van der Waals surface area (Å²) in [5.74, 6) is 0.438. The van der Waals surface area contributed by atoms with Crippen molar-refractivity contribution in [2.24, 2.45) is 0 Å². The molecule has 0 bridgehead atoms. The average Bonchev–Trinajstić information content (AvgIpc) is 2.37. The van der Waals surface area contributed by atoms with Crippen molar-refractivity contribution in [3.63, 3.8) is 0 Å². The Morgan fingerprint density at radius 3 is 2.35 bits per heavy atom. The Hall–Kier alpha value is -1.67. The maximum Gasteiger partial charge on any atom is 0.123 e. The lowest BCUT2D eigenvalue weighted by molar-refractivity contribution is 0.219. The predicted molar refractivity (Wildman–Crippen MR) is 78.2 cm³/mol. The molecule has 1 aliphatic carbocycles. The van der Waals surface area contributed by atoms with Gasteiger partial charge in [0.15, 0.2) is 0 Å². The predicted octanol–water partition coefficient (Wildman–Crippen LogP) is 4.48. The van der Waals surface area contributed by atoms with Crippen molar-refractivity contribution >= 4 is 0 Å². The number of aliphatic hydroxyl groups excluding tert-OH is 1. The molecule has 0 radical (unpaired) electrons. The maximum absolute atomic E-state index is 13.1. The molecule has 0 aliphatic heterocycles. The minimum absolute atomic E-state index is 0.265. The number of rotatable bonds is 3. The van der Waals surface area contributed by atoms with Gasteiger partial charge >= 0.3 is 0 Å². The number of halogens is 1. The zero-order valence-electron chi connectivity index (χ0n) is 11.6. The second-order valence-corrected chi connectivity index (χ2v) is 5.70. The highest BCUT2D eigenvalue weighted by atomic mass is 19.1. The van der Waals surface area contributed by atoms with Crippen LogP contribution in [0.15, 0.2) is 42.5 Å². The lowest BCUT2D eigenvalue weighted by Crippen LogP contribution is -2.09. The number of hydrogen-bond donors (Lipinski definition) is 1. The molecule has 0 spiro atoms. The Balaban J connectivity index is 1.84. The average molecular weight is 270 g/mol. The van der Waals surface area contributed by atoms with Crippen molar-refractivity contribution in [2.45, 2.75) is 38.2 Å². The van der Waals surface area contributed by atoms with Crippen molar-refractivity contribution in [1.82, 2.24) is 0 Å². The molecule has 1 unspecified atom stereocenters. The minimum atomic E-state index is -0.689. The van der Waals surface area contributed by atoms with E-state index in [-0.39, 0.29) is 5.82 Å². The van der Waals surface area contributed by atoms with Crippen molar-refractivity contribution in [3.05, 3.63) is 70.5 Å². The van der Waals surface area contributed by atoms with Crippen LogP contribution in [-0.4, -0.2) is 5.11 Å². The summed E-state index contributed by atoms with van der Waals surface area (Å²) in [5, 5.41) is 10.4. The van der Waals surface area contributed by atoms with E-state index in [0.29, 0.717) is 5.92 Å². The van der Waals surface area contributed by atoms with Crippen LogP contribution >= 0.6 is 0 Å². The van der Waals surface area contributed by atoms with Crippen LogP contribution < -0.4 is 0 Å². The van der Waals surface area contributed by atoms with Gasteiger partial charge in [0.05, 0.1) is 0 Å². The second kappa shape index (κ2) is 5.37. The van der Waals surface area contributed by atoms with Gasteiger partial charge < -0.3 is 5.11 Å². The number of benzene rings is 2. The molecular weight excluding hydrogens is 251 g/mol. The highest BCUT2D eigenvalue weighted by molar-refractivity contribution is 5.37. The van der Waals surface area contributed by atoms with Gasteiger partial charge in [0.1, 0.15) is 11.9 Å². The first kappa shape index (κ1) is 13.3. The zero-order valence-corrected chi connectivity index (χ0v) is 11.6. The molecule has 1 atom stereocenters. The molecule has 2 heteroatoms. The maximum atomic E-state index is 13.1. The zero-order chi connectivity index (χ0) is 14.1. The van der Waals surface area contributed by atoms with Crippen LogP contribution in [0.25, 0.3) is 0 Å². The standard InChI is InChI=1S/C18H19FO/c1-12-11-16(19)9-10-17(12)18(20)15-7-5-14(6-8-15)13-3-2-4-13/h5-11,13,18,20H,2-4H2,1H3. The number of aryl methyl sites for hydroxylation is 1. The first-order valence-corrected chi connectivity index (χ1v) is 7.19. The first-order chi connectivity index (χ1) is 9.65. The lowest BCUT2D eigenvalue weighted by atomic mass is 9.80. The summed E-state index contributed by atoms with van der Waals surface area (Å²) in [5.41, 5.74) is 3.77. The fourth-order valence-electron chi connectivity index (χ4n) is 2.82. The molecule has 1 aliphatic rings. The largest absolute Gasteiger partial charge is 0.384 e. The van der Waals surface area contributed by atoms with Gasteiger partial charge in [0.2, 0.25) is 0 Å². The number of aliphatic hydroxyl groups is 1. The Bertz CT molecular complexity index is 599. The van der Waals surface area contributed by atoms with Crippen molar-refractivity contribution in [2.75, 3.05) is 0 Å². The van der Waals surface area contributed by atoms with E-state index in [1.54, 1.807) is 6.07 Å². The van der Waals surface area contributed by atoms with E-state index in [4.69, 9.17) is 0 Å². The molecule has 1 nitrogen and oxygen atoms in total. The van der Waals surface area contributed by atoms with E-state index in [0.717, 1.165) is 16.7 Å².